The molecule has 0 spiro atoms. The van der Waals surface area contributed by atoms with Crippen molar-refractivity contribution in [2.45, 2.75) is 12.5 Å². The summed E-state index contributed by atoms with van der Waals surface area (Å²) < 4.78 is 10.4. The van der Waals surface area contributed by atoms with Gasteiger partial charge in [-0.2, -0.15) is 0 Å². The van der Waals surface area contributed by atoms with Gasteiger partial charge in [-0.3, -0.25) is 24.7 Å². The number of carbonyl (C=O) groups excluding carboxylic acids is 3. The van der Waals surface area contributed by atoms with Gasteiger partial charge in [0.15, 0.2) is 0 Å². The van der Waals surface area contributed by atoms with Gasteiger partial charge in [0, 0.05) is 22.3 Å². The van der Waals surface area contributed by atoms with E-state index in [4.69, 9.17) is 33.3 Å². The molecule has 11 heteroatoms. The number of anilines is 2. The summed E-state index contributed by atoms with van der Waals surface area (Å²) in [5, 5.41) is 4.49. The Morgan fingerprint density at radius 3 is 2.30 bits per heavy atom. The number of benzene rings is 3. The standard InChI is InChI=1S/C26H23ClN4O5S/c1-35-20-12-10-19(11-13-20)30-25(34)22(15-23(32)28-18-4-3-5-21(14-18)36-2)31(26(30)37)29-24(33)16-6-8-17(27)9-7-16/h3-14,22H,15H2,1-2H3,(H,28,32)(H,29,33). The van der Waals surface area contributed by atoms with Crippen LogP contribution in [0.4, 0.5) is 11.4 Å². The zero-order valence-corrected chi connectivity index (χ0v) is 21.5. The highest BCUT2D eigenvalue weighted by Crippen LogP contribution is 2.28. The molecule has 1 atom stereocenters. The molecule has 0 aromatic heterocycles. The normalized spacial score (nSPS) is 14.9. The molecule has 1 heterocycles. The van der Waals surface area contributed by atoms with E-state index in [9.17, 15) is 14.4 Å². The lowest BCUT2D eigenvalue weighted by atomic mass is 10.1. The smallest absolute Gasteiger partial charge is 0.269 e. The molecule has 1 saturated heterocycles. The lowest BCUT2D eigenvalue weighted by Gasteiger charge is -2.24. The van der Waals surface area contributed by atoms with Gasteiger partial charge in [-0.25, -0.2) is 5.01 Å². The summed E-state index contributed by atoms with van der Waals surface area (Å²) in [4.78, 5) is 40.7. The number of methoxy groups -OCH3 is 2. The monoisotopic (exact) mass is 538 g/mol. The Balaban J connectivity index is 1.59. The summed E-state index contributed by atoms with van der Waals surface area (Å²) in [6.07, 6.45) is -0.274. The first-order chi connectivity index (χ1) is 17.8. The van der Waals surface area contributed by atoms with Crippen LogP contribution in [-0.4, -0.2) is 48.1 Å². The van der Waals surface area contributed by atoms with Crippen molar-refractivity contribution in [1.82, 2.24) is 10.4 Å². The third kappa shape index (κ3) is 5.82. The summed E-state index contributed by atoms with van der Waals surface area (Å²) >= 11 is 11.5. The van der Waals surface area contributed by atoms with Gasteiger partial charge in [-0.15, -0.1) is 0 Å². The lowest BCUT2D eigenvalue weighted by molar-refractivity contribution is -0.124. The second kappa shape index (κ2) is 11.3. The average Bonchev–Trinajstić information content (AvgIpc) is 3.12. The molecule has 3 amide bonds. The molecule has 1 fully saturated rings. The van der Waals surface area contributed by atoms with Crippen molar-refractivity contribution >= 4 is 58.0 Å². The molecule has 3 aromatic rings. The molecular weight excluding hydrogens is 516 g/mol. The first-order valence-corrected chi connectivity index (χ1v) is 11.9. The summed E-state index contributed by atoms with van der Waals surface area (Å²) in [6, 6.07) is 18.7. The predicted octanol–water partition coefficient (Wildman–Crippen LogP) is 4.03. The first kappa shape index (κ1) is 25.9. The van der Waals surface area contributed by atoms with Crippen LogP contribution < -0.4 is 25.1 Å². The number of rotatable bonds is 8. The Hall–Kier alpha value is -4.15. The van der Waals surface area contributed by atoms with Gasteiger partial charge in [0.25, 0.3) is 11.8 Å². The highest BCUT2D eigenvalue weighted by Gasteiger charge is 2.45. The molecule has 2 N–H and O–H groups in total. The van der Waals surface area contributed by atoms with E-state index in [2.05, 4.69) is 10.7 Å². The Kier molecular flexibility index (Phi) is 7.90. The van der Waals surface area contributed by atoms with E-state index in [1.807, 2.05) is 0 Å². The molecule has 1 aliphatic rings. The van der Waals surface area contributed by atoms with Crippen LogP contribution in [0.15, 0.2) is 72.8 Å². The van der Waals surface area contributed by atoms with Crippen molar-refractivity contribution in [1.29, 1.82) is 0 Å². The second-order valence-corrected chi connectivity index (χ2v) is 8.77. The van der Waals surface area contributed by atoms with E-state index in [-0.39, 0.29) is 11.5 Å². The van der Waals surface area contributed by atoms with Crippen LogP contribution >= 0.6 is 23.8 Å². The average molecular weight is 539 g/mol. The number of ether oxygens (including phenoxy) is 2. The summed E-state index contributed by atoms with van der Waals surface area (Å²) in [7, 11) is 3.06. The SMILES string of the molecule is COc1ccc(N2C(=O)C(CC(=O)Nc3cccc(OC)c3)N(NC(=O)c3ccc(Cl)cc3)C2=S)cc1. The highest BCUT2D eigenvalue weighted by molar-refractivity contribution is 7.80. The van der Waals surface area contributed by atoms with Crippen LogP contribution in [0.3, 0.4) is 0 Å². The maximum absolute atomic E-state index is 13.5. The molecule has 0 radical (unpaired) electrons. The van der Waals surface area contributed by atoms with Crippen LogP contribution in [-0.2, 0) is 9.59 Å². The minimum absolute atomic E-state index is 0.0247. The topological polar surface area (TPSA) is 100 Å². The largest absolute Gasteiger partial charge is 0.497 e. The van der Waals surface area contributed by atoms with E-state index in [0.29, 0.717) is 33.5 Å². The maximum Gasteiger partial charge on any atom is 0.269 e. The van der Waals surface area contributed by atoms with Crippen LogP contribution in [0.25, 0.3) is 0 Å². The van der Waals surface area contributed by atoms with E-state index in [0.717, 1.165) is 0 Å². The molecule has 0 aliphatic carbocycles. The molecule has 4 rings (SSSR count). The number of halogens is 1. The number of hydrazine groups is 1. The molecule has 190 valence electrons. The number of carbonyl (C=O) groups is 3. The van der Waals surface area contributed by atoms with E-state index >= 15 is 0 Å². The Morgan fingerprint density at radius 2 is 1.65 bits per heavy atom. The van der Waals surface area contributed by atoms with Gasteiger partial charge in [0.05, 0.1) is 26.3 Å². The quantitative estimate of drug-likeness (QED) is 0.418. The van der Waals surface area contributed by atoms with Crippen LogP contribution in [0, 0.1) is 0 Å². The molecule has 1 unspecified atom stereocenters. The van der Waals surface area contributed by atoms with Crippen LogP contribution in [0.5, 0.6) is 11.5 Å². The van der Waals surface area contributed by atoms with Gasteiger partial charge in [0.1, 0.15) is 17.5 Å². The Labute approximate surface area is 223 Å². The third-order valence-electron chi connectivity index (χ3n) is 5.61. The van der Waals surface area contributed by atoms with E-state index < -0.39 is 23.8 Å². The molecule has 1 aliphatic heterocycles. The third-order valence-corrected chi connectivity index (χ3v) is 6.24. The molecule has 0 saturated carbocycles. The van der Waals surface area contributed by atoms with Gasteiger partial charge in [0.2, 0.25) is 11.0 Å². The first-order valence-electron chi connectivity index (χ1n) is 11.1. The molecule has 9 nitrogen and oxygen atoms in total. The van der Waals surface area contributed by atoms with E-state index in [1.54, 1.807) is 72.8 Å². The van der Waals surface area contributed by atoms with E-state index in [1.165, 1.54) is 24.1 Å². The number of nitrogens with zero attached hydrogens (tertiary/aromatic N) is 2. The van der Waals surface area contributed by atoms with Crippen molar-refractivity contribution < 1.29 is 23.9 Å². The van der Waals surface area contributed by atoms with Gasteiger partial charge in [-0.1, -0.05) is 17.7 Å². The number of amides is 3. The minimum atomic E-state index is -1.09. The lowest BCUT2D eigenvalue weighted by Crippen LogP contribution is -2.49. The van der Waals surface area contributed by atoms with Crippen LogP contribution in [0.1, 0.15) is 16.8 Å². The maximum atomic E-state index is 13.5. The van der Waals surface area contributed by atoms with Crippen molar-refractivity contribution in [3.05, 3.63) is 83.4 Å². The van der Waals surface area contributed by atoms with Crippen molar-refractivity contribution in [2.24, 2.45) is 0 Å². The number of hydrogen-bond donors (Lipinski definition) is 2. The second-order valence-electron chi connectivity index (χ2n) is 7.97. The van der Waals surface area contributed by atoms with Gasteiger partial charge >= 0.3 is 0 Å². The molecule has 0 bridgehead atoms. The Bertz CT molecular complexity index is 1330. The molecule has 37 heavy (non-hydrogen) atoms. The summed E-state index contributed by atoms with van der Waals surface area (Å²) in [6.45, 7) is 0. The number of hydrogen-bond acceptors (Lipinski definition) is 6. The fourth-order valence-corrected chi connectivity index (χ4v) is 4.23. The van der Waals surface area contributed by atoms with Crippen molar-refractivity contribution in [2.75, 3.05) is 24.4 Å². The number of nitrogens with one attached hydrogen (secondary N) is 2. The summed E-state index contributed by atoms with van der Waals surface area (Å²) in [5.74, 6) is -0.257. The Morgan fingerprint density at radius 1 is 0.973 bits per heavy atom. The zero-order chi connectivity index (χ0) is 26.5. The predicted molar refractivity (Wildman–Crippen MR) is 144 cm³/mol. The fourth-order valence-electron chi connectivity index (χ4n) is 3.73. The van der Waals surface area contributed by atoms with Gasteiger partial charge in [-0.05, 0) is 72.9 Å². The summed E-state index contributed by atoms with van der Waals surface area (Å²) in [5.41, 5.74) is 3.96. The molecular formula is C26H23ClN4O5S. The van der Waals surface area contributed by atoms with Crippen molar-refractivity contribution in [3.8, 4) is 11.5 Å². The molecule has 3 aromatic carbocycles. The zero-order valence-electron chi connectivity index (χ0n) is 19.9. The number of thiocarbonyl (C=S) groups is 1. The minimum Gasteiger partial charge on any atom is -0.497 e. The van der Waals surface area contributed by atoms with Gasteiger partial charge < -0.3 is 14.8 Å². The fraction of sp³-hybridized carbons (Fsp3) is 0.154. The van der Waals surface area contributed by atoms with Crippen LogP contribution in [0.2, 0.25) is 5.02 Å². The van der Waals surface area contributed by atoms with Crippen molar-refractivity contribution in [3.63, 3.8) is 0 Å². The highest BCUT2D eigenvalue weighted by atomic mass is 35.5.